The van der Waals surface area contributed by atoms with Crippen molar-refractivity contribution in [2.24, 2.45) is 17.8 Å². The number of aryl methyl sites for hydroxylation is 1. The van der Waals surface area contributed by atoms with Crippen molar-refractivity contribution in [1.82, 2.24) is 0 Å². The molecule has 4 saturated carbocycles. The number of hydrogen-bond donors (Lipinski definition) is 0. The Bertz CT molecular complexity index is 905. The van der Waals surface area contributed by atoms with E-state index in [0.29, 0.717) is 5.41 Å². The van der Waals surface area contributed by atoms with E-state index in [-0.39, 0.29) is 0 Å². The third kappa shape index (κ3) is 2.42. The summed E-state index contributed by atoms with van der Waals surface area (Å²) in [7, 11) is 0. The van der Waals surface area contributed by atoms with Gasteiger partial charge in [0.05, 0.1) is 0 Å². The molecule has 0 nitrogen and oxygen atoms in total. The molecule has 0 atom stereocenters. The summed E-state index contributed by atoms with van der Waals surface area (Å²) in [6.45, 7) is 4.52. The van der Waals surface area contributed by atoms with Gasteiger partial charge in [-0.2, -0.15) is 0 Å². The topological polar surface area (TPSA) is 0 Å². The molecule has 0 radical (unpaired) electrons. The molecule has 0 aromatic heterocycles. The van der Waals surface area contributed by atoms with Crippen LogP contribution >= 0.6 is 0 Å². The lowest BCUT2D eigenvalue weighted by Gasteiger charge is -2.57. The molecule has 0 spiro atoms. The Morgan fingerprint density at radius 1 is 0.778 bits per heavy atom. The van der Waals surface area contributed by atoms with Crippen molar-refractivity contribution in [3.05, 3.63) is 64.2 Å². The minimum Gasteiger partial charge on any atom is -0.0683 e. The highest BCUT2D eigenvalue weighted by atomic mass is 14.6. The number of hydrogen-bond acceptors (Lipinski definition) is 0. The van der Waals surface area contributed by atoms with Crippen LogP contribution in [0.25, 0.3) is 17.2 Å². The summed E-state index contributed by atoms with van der Waals surface area (Å²) >= 11 is 0. The molecule has 2 aromatic carbocycles. The van der Waals surface area contributed by atoms with Crippen LogP contribution in [0.2, 0.25) is 0 Å². The molecule has 27 heavy (non-hydrogen) atoms. The van der Waals surface area contributed by atoms with Gasteiger partial charge in [-0.25, -0.2) is 0 Å². The summed E-state index contributed by atoms with van der Waals surface area (Å²) in [5.41, 5.74) is 10.9. The minimum absolute atomic E-state index is 0.513. The number of benzene rings is 2. The maximum Gasteiger partial charge on any atom is -0.00391 e. The maximum atomic E-state index is 2.49. The quantitative estimate of drug-likeness (QED) is 0.540. The van der Waals surface area contributed by atoms with Gasteiger partial charge >= 0.3 is 0 Å². The van der Waals surface area contributed by atoms with Gasteiger partial charge in [-0.1, -0.05) is 48.0 Å². The molecule has 2 aromatic rings. The normalized spacial score (nSPS) is 33.3. The van der Waals surface area contributed by atoms with E-state index < -0.39 is 0 Å². The summed E-state index contributed by atoms with van der Waals surface area (Å²) < 4.78 is 0. The van der Waals surface area contributed by atoms with Crippen LogP contribution in [0.15, 0.2) is 42.0 Å². The summed E-state index contributed by atoms with van der Waals surface area (Å²) in [6, 6.07) is 14.5. The van der Waals surface area contributed by atoms with Gasteiger partial charge in [0.25, 0.3) is 0 Å². The van der Waals surface area contributed by atoms with Crippen molar-refractivity contribution in [2.45, 2.75) is 64.2 Å². The molecule has 4 bridgehead atoms. The lowest BCUT2D eigenvalue weighted by Crippen LogP contribution is -2.48. The highest BCUT2D eigenvalue weighted by Gasteiger charge is 2.51. The second-order valence-electron chi connectivity index (χ2n) is 10.3. The lowest BCUT2D eigenvalue weighted by molar-refractivity contribution is -0.00518. The zero-order valence-electron chi connectivity index (χ0n) is 16.7. The Morgan fingerprint density at radius 3 is 2.04 bits per heavy atom. The minimum atomic E-state index is 0.513. The molecule has 5 aliphatic carbocycles. The van der Waals surface area contributed by atoms with Gasteiger partial charge in [-0.15, -0.1) is 0 Å². The highest BCUT2D eigenvalue weighted by molar-refractivity contribution is 5.81. The summed E-state index contributed by atoms with van der Waals surface area (Å²) in [5.74, 6) is 3.05. The average molecular weight is 355 g/mol. The van der Waals surface area contributed by atoms with Crippen LogP contribution in [0.3, 0.4) is 0 Å². The third-order valence-corrected chi connectivity index (χ3v) is 8.28. The first kappa shape index (κ1) is 16.2. The van der Waals surface area contributed by atoms with Crippen molar-refractivity contribution in [1.29, 1.82) is 0 Å². The molecule has 0 unspecified atom stereocenters. The van der Waals surface area contributed by atoms with Crippen LogP contribution in [0.4, 0.5) is 0 Å². The molecule has 5 aliphatic rings. The number of fused-ring (bicyclic) bond motifs is 1. The molecule has 138 valence electrons. The zero-order valence-corrected chi connectivity index (χ0v) is 16.7. The first-order valence-electron chi connectivity index (χ1n) is 11.0. The predicted molar refractivity (Wildman–Crippen MR) is 114 cm³/mol. The highest BCUT2D eigenvalue weighted by Crippen LogP contribution is 2.60. The van der Waals surface area contributed by atoms with Crippen molar-refractivity contribution in [3.63, 3.8) is 0 Å². The van der Waals surface area contributed by atoms with Gasteiger partial charge in [0.2, 0.25) is 0 Å². The van der Waals surface area contributed by atoms with E-state index in [4.69, 9.17) is 0 Å². The van der Waals surface area contributed by atoms with Crippen molar-refractivity contribution in [2.75, 3.05) is 0 Å². The average Bonchev–Trinajstić information content (AvgIpc) is 3.03. The Hall–Kier alpha value is -1.82. The monoisotopic (exact) mass is 354 g/mol. The maximum absolute atomic E-state index is 2.49. The van der Waals surface area contributed by atoms with E-state index >= 15 is 0 Å². The Balaban J connectivity index is 1.38. The van der Waals surface area contributed by atoms with E-state index in [0.717, 1.165) is 24.2 Å². The van der Waals surface area contributed by atoms with Gasteiger partial charge in [-0.05, 0) is 115 Å². The summed E-state index contributed by atoms with van der Waals surface area (Å²) in [4.78, 5) is 0. The first-order chi connectivity index (χ1) is 13.1. The largest absolute Gasteiger partial charge is 0.0683 e. The fourth-order valence-corrected chi connectivity index (χ4v) is 7.47. The first-order valence-corrected chi connectivity index (χ1v) is 11.0. The molecule has 0 heterocycles. The van der Waals surface area contributed by atoms with Crippen molar-refractivity contribution < 1.29 is 0 Å². The van der Waals surface area contributed by atoms with Crippen LogP contribution in [0.5, 0.6) is 0 Å². The predicted octanol–water partition coefficient (Wildman–Crippen LogP) is 7.09. The molecule has 0 amide bonds. The van der Waals surface area contributed by atoms with E-state index in [1.54, 1.807) is 5.56 Å². The Labute approximate surface area is 163 Å². The fourth-order valence-electron chi connectivity index (χ4n) is 7.47. The Kier molecular flexibility index (Phi) is 3.35. The van der Waals surface area contributed by atoms with Crippen LogP contribution in [0.1, 0.15) is 67.7 Å². The Morgan fingerprint density at radius 2 is 1.41 bits per heavy atom. The van der Waals surface area contributed by atoms with Crippen LogP contribution in [0, 0.1) is 24.7 Å². The third-order valence-electron chi connectivity index (χ3n) is 8.28. The van der Waals surface area contributed by atoms with Crippen LogP contribution in [-0.4, -0.2) is 0 Å². The summed E-state index contributed by atoms with van der Waals surface area (Å²) in [5, 5.41) is 0. The van der Waals surface area contributed by atoms with E-state index in [1.807, 2.05) is 0 Å². The SMILES string of the molecule is CC1=Cc2c(-c3ccc(C45CC6CC(CC(C6)C4)C5)cc3)ccc(C)c2C1. The van der Waals surface area contributed by atoms with Gasteiger partial charge in [-0.3, -0.25) is 0 Å². The molecular formula is C27H30. The second-order valence-corrected chi connectivity index (χ2v) is 10.3. The fraction of sp³-hybridized carbons (Fsp3) is 0.481. The molecule has 0 N–H and O–H groups in total. The molecule has 0 aliphatic heterocycles. The zero-order chi connectivity index (χ0) is 18.2. The smallest absolute Gasteiger partial charge is 0.00391 e. The van der Waals surface area contributed by atoms with Crippen molar-refractivity contribution in [3.8, 4) is 11.1 Å². The van der Waals surface area contributed by atoms with Crippen molar-refractivity contribution >= 4 is 6.08 Å². The standard InChI is InChI=1S/C27H30/c1-17-9-25-18(2)3-8-24(26(25)10-17)22-4-6-23(7-5-22)27-14-19-11-20(15-27)13-21(12-19)16-27/h3-8,10,19-21H,9,11-16H2,1-2H3. The molecular weight excluding hydrogens is 324 g/mol. The number of allylic oxidation sites excluding steroid dienone is 1. The van der Waals surface area contributed by atoms with Gasteiger partial charge in [0.15, 0.2) is 0 Å². The second kappa shape index (κ2) is 5.60. The molecule has 7 rings (SSSR count). The number of rotatable bonds is 2. The van der Waals surface area contributed by atoms with Gasteiger partial charge in [0.1, 0.15) is 0 Å². The lowest BCUT2D eigenvalue weighted by atomic mass is 9.48. The molecule has 0 heteroatoms. The van der Waals surface area contributed by atoms with E-state index in [2.05, 4.69) is 56.3 Å². The van der Waals surface area contributed by atoms with E-state index in [9.17, 15) is 0 Å². The van der Waals surface area contributed by atoms with Gasteiger partial charge in [0, 0.05) is 0 Å². The van der Waals surface area contributed by atoms with Gasteiger partial charge < -0.3 is 0 Å². The van der Waals surface area contributed by atoms with Crippen LogP contribution in [-0.2, 0) is 11.8 Å². The van der Waals surface area contributed by atoms with E-state index in [1.165, 1.54) is 71.9 Å². The summed E-state index contributed by atoms with van der Waals surface area (Å²) in [6.07, 6.45) is 12.5. The molecule has 4 fully saturated rings. The molecule has 0 saturated heterocycles. The van der Waals surface area contributed by atoms with Crippen LogP contribution < -0.4 is 0 Å².